The standard InChI is InChI=1S/C10H12N2/c1-2-8-12-10(11)9-6-4-3-5-7-9/h2-7H,1,8H2,(H2,11,12). The largest absolute Gasteiger partial charge is 0.367 e. The zero-order chi connectivity index (χ0) is 8.81. The molecule has 0 radical (unpaired) electrons. The fraction of sp³-hybridized carbons (Fsp3) is 0.100. The second-order valence-corrected chi connectivity index (χ2v) is 2.41. The Labute approximate surface area is 72.4 Å². The molecule has 2 nitrogen and oxygen atoms in total. The van der Waals surface area contributed by atoms with E-state index in [1.807, 2.05) is 30.3 Å². The maximum Gasteiger partial charge on any atom is 0.125 e. The molecule has 1 aromatic rings. The summed E-state index contributed by atoms with van der Waals surface area (Å²) < 4.78 is 0. The van der Waals surface area contributed by atoms with Crippen LogP contribution in [0.3, 0.4) is 0 Å². The third-order valence-electron chi connectivity index (χ3n) is 1.49. The third-order valence-corrected chi connectivity index (χ3v) is 1.49. The van der Waals surface area contributed by atoms with Crippen molar-refractivity contribution in [2.75, 3.05) is 6.54 Å². The molecule has 0 aliphatic heterocycles. The van der Waals surface area contributed by atoms with Crippen molar-refractivity contribution in [3.63, 3.8) is 0 Å². The molecule has 0 atom stereocenters. The van der Waals surface area contributed by atoms with E-state index in [9.17, 15) is 0 Å². The second-order valence-electron chi connectivity index (χ2n) is 2.41. The summed E-state index contributed by atoms with van der Waals surface area (Å²) in [5, 5.41) is 10.5. The van der Waals surface area contributed by atoms with Crippen LogP contribution >= 0.6 is 0 Å². The summed E-state index contributed by atoms with van der Waals surface area (Å²) in [6.07, 6.45) is 1.73. The average molecular weight is 160 g/mol. The van der Waals surface area contributed by atoms with Gasteiger partial charge in [0.2, 0.25) is 0 Å². The highest BCUT2D eigenvalue weighted by molar-refractivity contribution is 5.96. The fourth-order valence-corrected chi connectivity index (χ4v) is 0.881. The number of amidine groups is 1. The predicted octanol–water partition coefficient (Wildman–Crippen LogP) is 1.79. The molecule has 0 heterocycles. The topological polar surface area (TPSA) is 35.9 Å². The van der Waals surface area contributed by atoms with Gasteiger partial charge in [0.15, 0.2) is 0 Å². The van der Waals surface area contributed by atoms with Crippen molar-refractivity contribution in [3.8, 4) is 0 Å². The lowest BCUT2D eigenvalue weighted by molar-refractivity contribution is 1.03. The van der Waals surface area contributed by atoms with Gasteiger partial charge in [-0.15, -0.1) is 6.58 Å². The lowest BCUT2D eigenvalue weighted by atomic mass is 10.2. The van der Waals surface area contributed by atoms with Gasteiger partial charge in [0.25, 0.3) is 0 Å². The van der Waals surface area contributed by atoms with Gasteiger partial charge in [0, 0.05) is 12.1 Å². The molecule has 0 aliphatic rings. The molecule has 0 aromatic heterocycles. The molecule has 0 spiro atoms. The van der Waals surface area contributed by atoms with E-state index in [2.05, 4.69) is 11.9 Å². The molecule has 2 N–H and O–H groups in total. The van der Waals surface area contributed by atoms with Crippen LogP contribution < -0.4 is 5.32 Å². The summed E-state index contributed by atoms with van der Waals surface area (Å²) in [7, 11) is 0. The van der Waals surface area contributed by atoms with Crippen LogP contribution in [0.15, 0.2) is 43.0 Å². The van der Waals surface area contributed by atoms with Gasteiger partial charge in [-0.3, -0.25) is 5.41 Å². The van der Waals surface area contributed by atoms with Gasteiger partial charge in [0.1, 0.15) is 5.84 Å². The molecule has 1 aromatic carbocycles. The first kappa shape index (κ1) is 8.53. The van der Waals surface area contributed by atoms with E-state index < -0.39 is 0 Å². The van der Waals surface area contributed by atoms with Crippen molar-refractivity contribution >= 4 is 5.84 Å². The molecule has 0 aliphatic carbocycles. The van der Waals surface area contributed by atoms with E-state index >= 15 is 0 Å². The van der Waals surface area contributed by atoms with Crippen LogP contribution in [0, 0.1) is 5.41 Å². The highest BCUT2D eigenvalue weighted by atomic mass is 14.9. The van der Waals surface area contributed by atoms with Crippen LogP contribution in [0.2, 0.25) is 0 Å². The smallest absolute Gasteiger partial charge is 0.125 e. The molecule has 0 unspecified atom stereocenters. The van der Waals surface area contributed by atoms with Crippen LogP contribution in [0.25, 0.3) is 0 Å². The number of hydrogen-bond acceptors (Lipinski definition) is 1. The van der Waals surface area contributed by atoms with E-state index in [1.54, 1.807) is 6.08 Å². The van der Waals surface area contributed by atoms with Gasteiger partial charge in [-0.05, 0) is 0 Å². The Morgan fingerprint density at radius 1 is 1.42 bits per heavy atom. The van der Waals surface area contributed by atoms with E-state index in [-0.39, 0.29) is 0 Å². The van der Waals surface area contributed by atoms with E-state index in [0.29, 0.717) is 12.4 Å². The van der Waals surface area contributed by atoms with Crippen LogP contribution in [0.5, 0.6) is 0 Å². The summed E-state index contributed by atoms with van der Waals surface area (Å²) in [6.45, 7) is 4.20. The minimum absolute atomic E-state index is 0.440. The van der Waals surface area contributed by atoms with Crippen LogP contribution in [-0.4, -0.2) is 12.4 Å². The Morgan fingerprint density at radius 3 is 2.67 bits per heavy atom. The lowest BCUT2D eigenvalue weighted by Gasteiger charge is -2.04. The van der Waals surface area contributed by atoms with E-state index in [0.717, 1.165) is 5.56 Å². The van der Waals surface area contributed by atoms with Crippen LogP contribution in [-0.2, 0) is 0 Å². The monoisotopic (exact) mass is 160 g/mol. The van der Waals surface area contributed by atoms with Crippen molar-refractivity contribution in [2.24, 2.45) is 0 Å². The van der Waals surface area contributed by atoms with Crippen molar-refractivity contribution in [3.05, 3.63) is 48.6 Å². The van der Waals surface area contributed by atoms with Gasteiger partial charge in [-0.25, -0.2) is 0 Å². The fourth-order valence-electron chi connectivity index (χ4n) is 0.881. The van der Waals surface area contributed by atoms with E-state index in [1.165, 1.54) is 0 Å². The van der Waals surface area contributed by atoms with Gasteiger partial charge in [0.05, 0.1) is 0 Å². The van der Waals surface area contributed by atoms with Crippen molar-refractivity contribution < 1.29 is 0 Å². The van der Waals surface area contributed by atoms with Gasteiger partial charge < -0.3 is 5.32 Å². The molecule has 0 bridgehead atoms. The van der Waals surface area contributed by atoms with Crippen molar-refractivity contribution in [2.45, 2.75) is 0 Å². The first-order valence-electron chi connectivity index (χ1n) is 3.83. The molecule has 2 heteroatoms. The molecule has 0 fully saturated rings. The minimum atomic E-state index is 0.440. The molecule has 62 valence electrons. The quantitative estimate of drug-likeness (QED) is 0.394. The molecule has 12 heavy (non-hydrogen) atoms. The first-order chi connectivity index (χ1) is 5.84. The molecule has 1 rings (SSSR count). The zero-order valence-corrected chi connectivity index (χ0v) is 6.88. The molecule has 0 amide bonds. The summed E-state index contributed by atoms with van der Waals surface area (Å²) in [4.78, 5) is 0. The SMILES string of the molecule is C=CCNC(=N)c1ccccc1. The third kappa shape index (κ3) is 2.23. The minimum Gasteiger partial charge on any atom is -0.367 e. The number of nitrogens with one attached hydrogen (secondary N) is 2. The van der Waals surface area contributed by atoms with Gasteiger partial charge in [-0.1, -0.05) is 36.4 Å². The Morgan fingerprint density at radius 2 is 2.08 bits per heavy atom. The van der Waals surface area contributed by atoms with Gasteiger partial charge >= 0.3 is 0 Å². The Hall–Kier alpha value is -1.57. The van der Waals surface area contributed by atoms with Crippen molar-refractivity contribution in [1.82, 2.24) is 5.32 Å². The van der Waals surface area contributed by atoms with Crippen LogP contribution in [0.1, 0.15) is 5.56 Å². The number of benzene rings is 1. The van der Waals surface area contributed by atoms with Crippen molar-refractivity contribution in [1.29, 1.82) is 5.41 Å². The number of hydrogen-bond donors (Lipinski definition) is 2. The molecule has 0 saturated heterocycles. The normalized spacial score (nSPS) is 9.00. The average Bonchev–Trinajstić information content (AvgIpc) is 2.15. The maximum absolute atomic E-state index is 7.57. The summed E-state index contributed by atoms with van der Waals surface area (Å²) in [5.41, 5.74) is 0.902. The zero-order valence-electron chi connectivity index (χ0n) is 6.88. The Kier molecular flexibility index (Phi) is 3.08. The Bertz CT molecular complexity index is 264. The molecular formula is C10H12N2. The van der Waals surface area contributed by atoms with E-state index in [4.69, 9.17) is 5.41 Å². The number of rotatable bonds is 3. The summed E-state index contributed by atoms with van der Waals surface area (Å²) in [5.74, 6) is 0.440. The Balaban J connectivity index is 2.59. The first-order valence-corrected chi connectivity index (χ1v) is 3.83. The predicted molar refractivity (Wildman–Crippen MR) is 51.5 cm³/mol. The maximum atomic E-state index is 7.57. The lowest BCUT2D eigenvalue weighted by Crippen LogP contribution is -2.22. The highest BCUT2D eigenvalue weighted by Gasteiger charge is 1.95. The van der Waals surface area contributed by atoms with Crippen LogP contribution in [0.4, 0.5) is 0 Å². The second kappa shape index (κ2) is 4.34. The molecular weight excluding hydrogens is 148 g/mol. The summed E-state index contributed by atoms with van der Waals surface area (Å²) >= 11 is 0. The summed E-state index contributed by atoms with van der Waals surface area (Å²) in [6, 6.07) is 9.57. The molecule has 0 saturated carbocycles. The highest BCUT2D eigenvalue weighted by Crippen LogP contribution is 1.96. The van der Waals surface area contributed by atoms with Gasteiger partial charge in [-0.2, -0.15) is 0 Å².